The molecule has 0 saturated carbocycles. The Hall–Kier alpha value is -2.18. The van der Waals surface area contributed by atoms with E-state index in [-0.39, 0.29) is 0 Å². The summed E-state index contributed by atoms with van der Waals surface area (Å²) in [5.41, 5.74) is 0. The molecule has 6 heteroatoms. The van der Waals surface area contributed by atoms with E-state index in [2.05, 4.69) is 23.4 Å². The Kier molecular flexibility index (Phi) is 5.25. The molecule has 0 spiro atoms. The fraction of sp³-hybridized carbons (Fsp3) is 0.409. The molecule has 3 aromatic rings. The zero-order chi connectivity index (χ0) is 19.7. The van der Waals surface area contributed by atoms with Gasteiger partial charge in [-0.25, -0.2) is 13.4 Å². The molecule has 1 aliphatic heterocycles. The number of sulfonamides is 1. The minimum absolute atomic E-state index is 0.390. The standard InChI is InChI=1S/C22H27N3O2S/c1-17(2)22-23-11-14-24(22)16-18-9-12-25(13-10-18)28(26,27)21-8-7-19-5-3-4-6-20(19)15-21/h3-8,11,14-15,17-18H,9-10,12-13,16H2,1-2H3. The molecular weight excluding hydrogens is 370 g/mol. The van der Waals surface area contributed by atoms with Crippen LogP contribution in [0.2, 0.25) is 0 Å². The number of piperidine rings is 1. The molecule has 1 fully saturated rings. The first-order valence-electron chi connectivity index (χ1n) is 9.95. The lowest BCUT2D eigenvalue weighted by molar-refractivity contribution is 0.251. The number of imidazole rings is 1. The van der Waals surface area contributed by atoms with Crippen molar-refractivity contribution in [3.8, 4) is 0 Å². The first-order chi connectivity index (χ1) is 13.4. The third-order valence-corrected chi connectivity index (χ3v) is 7.55. The molecule has 1 saturated heterocycles. The van der Waals surface area contributed by atoms with E-state index in [0.717, 1.165) is 36.0 Å². The highest BCUT2D eigenvalue weighted by Gasteiger charge is 2.30. The molecule has 5 nitrogen and oxygen atoms in total. The van der Waals surface area contributed by atoms with Gasteiger partial charge in [0.2, 0.25) is 10.0 Å². The van der Waals surface area contributed by atoms with E-state index in [0.29, 0.717) is 29.8 Å². The van der Waals surface area contributed by atoms with Gasteiger partial charge in [0.15, 0.2) is 0 Å². The van der Waals surface area contributed by atoms with Crippen LogP contribution < -0.4 is 0 Å². The summed E-state index contributed by atoms with van der Waals surface area (Å²) in [5, 5.41) is 2.02. The minimum atomic E-state index is -3.45. The molecule has 0 N–H and O–H groups in total. The molecular formula is C22H27N3O2S. The molecule has 1 aliphatic rings. The lowest BCUT2D eigenvalue weighted by Crippen LogP contribution is -2.39. The molecule has 0 bridgehead atoms. The van der Waals surface area contributed by atoms with Gasteiger partial charge >= 0.3 is 0 Å². The molecule has 0 aliphatic carbocycles. The van der Waals surface area contributed by atoms with E-state index in [1.54, 1.807) is 16.4 Å². The predicted octanol–water partition coefficient (Wildman–Crippen LogP) is 4.26. The number of hydrogen-bond acceptors (Lipinski definition) is 3. The molecule has 0 amide bonds. The number of rotatable bonds is 5. The highest BCUT2D eigenvalue weighted by Crippen LogP contribution is 2.27. The van der Waals surface area contributed by atoms with Crippen LogP contribution in [0.4, 0.5) is 0 Å². The first-order valence-corrected chi connectivity index (χ1v) is 11.4. The molecule has 4 rings (SSSR count). The van der Waals surface area contributed by atoms with Gasteiger partial charge in [0.1, 0.15) is 5.82 Å². The second kappa shape index (κ2) is 7.68. The van der Waals surface area contributed by atoms with Crippen LogP contribution in [0.1, 0.15) is 38.4 Å². The zero-order valence-electron chi connectivity index (χ0n) is 16.5. The number of hydrogen-bond donors (Lipinski definition) is 0. The summed E-state index contributed by atoms with van der Waals surface area (Å²) in [7, 11) is -3.45. The van der Waals surface area contributed by atoms with Crippen molar-refractivity contribution in [1.82, 2.24) is 13.9 Å². The van der Waals surface area contributed by atoms with Gasteiger partial charge in [0, 0.05) is 37.9 Å². The van der Waals surface area contributed by atoms with Crippen molar-refractivity contribution in [2.75, 3.05) is 13.1 Å². The molecule has 1 aromatic heterocycles. The van der Waals surface area contributed by atoms with Gasteiger partial charge in [0.05, 0.1) is 4.90 Å². The van der Waals surface area contributed by atoms with Crippen LogP contribution in [-0.4, -0.2) is 35.4 Å². The van der Waals surface area contributed by atoms with Crippen LogP contribution >= 0.6 is 0 Å². The van der Waals surface area contributed by atoms with E-state index in [1.165, 1.54) is 0 Å². The van der Waals surface area contributed by atoms with Crippen molar-refractivity contribution >= 4 is 20.8 Å². The SMILES string of the molecule is CC(C)c1nccn1CC1CCN(S(=O)(=O)c2ccc3ccccc3c2)CC1. The Balaban J connectivity index is 1.45. The fourth-order valence-electron chi connectivity index (χ4n) is 4.06. The van der Waals surface area contributed by atoms with Gasteiger partial charge in [-0.15, -0.1) is 0 Å². The van der Waals surface area contributed by atoms with Crippen molar-refractivity contribution < 1.29 is 8.42 Å². The van der Waals surface area contributed by atoms with Gasteiger partial charge in [-0.3, -0.25) is 0 Å². The summed E-state index contributed by atoms with van der Waals surface area (Å²) in [4.78, 5) is 4.85. The number of fused-ring (bicyclic) bond motifs is 1. The van der Waals surface area contributed by atoms with Gasteiger partial charge in [0.25, 0.3) is 0 Å². The second-order valence-corrected chi connectivity index (χ2v) is 9.89. The van der Waals surface area contributed by atoms with E-state index >= 15 is 0 Å². The summed E-state index contributed by atoms with van der Waals surface area (Å²) in [6, 6.07) is 13.3. The van der Waals surface area contributed by atoms with E-state index in [4.69, 9.17) is 0 Å². The summed E-state index contributed by atoms with van der Waals surface area (Å²) in [6.45, 7) is 6.36. The molecule has 28 heavy (non-hydrogen) atoms. The molecule has 2 aromatic carbocycles. The maximum Gasteiger partial charge on any atom is 0.243 e. The quantitative estimate of drug-likeness (QED) is 0.646. The number of benzene rings is 2. The Morgan fingerprint density at radius 2 is 1.79 bits per heavy atom. The third kappa shape index (κ3) is 3.71. The smallest absolute Gasteiger partial charge is 0.243 e. The molecule has 0 radical (unpaired) electrons. The van der Waals surface area contributed by atoms with Crippen molar-refractivity contribution in [3.63, 3.8) is 0 Å². The summed E-state index contributed by atoms with van der Waals surface area (Å²) < 4.78 is 30.1. The zero-order valence-corrected chi connectivity index (χ0v) is 17.3. The normalized spacial score (nSPS) is 16.8. The van der Waals surface area contributed by atoms with Crippen molar-refractivity contribution in [3.05, 3.63) is 60.7 Å². The van der Waals surface area contributed by atoms with Crippen LogP contribution in [0.3, 0.4) is 0 Å². The molecule has 0 atom stereocenters. The van der Waals surface area contributed by atoms with Crippen molar-refractivity contribution in [2.24, 2.45) is 5.92 Å². The first kappa shape index (κ1) is 19.2. The average molecular weight is 398 g/mol. The van der Waals surface area contributed by atoms with E-state index < -0.39 is 10.0 Å². The third-order valence-electron chi connectivity index (χ3n) is 5.65. The van der Waals surface area contributed by atoms with Crippen molar-refractivity contribution in [1.29, 1.82) is 0 Å². The van der Waals surface area contributed by atoms with Crippen LogP contribution in [0, 0.1) is 5.92 Å². The molecule has 148 valence electrons. The van der Waals surface area contributed by atoms with E-state index in [9.17, 15) is 8.42 Å². The predicted molar refractivity (Wildman–Crippen MR) is 112 cm³/mol. The minimum Gasteiger partial charge on any atom is -0.334 e. The van der Waals surface area contributed by atoms with Crippen molar-refractivity contribution in [2.45, 2.75) is 44.0 Å². The topological polar surface area (TPSA) is 55.2 Å². The number of nitrogens with zero attached hydrogens (tertiary/aromatic N) is 3. The van der Waals surface area contributed by atoms with Gasteiger partial charge < -0.3 is 4.57 Å². The van der Waals surface area contributed by atoms with Gasteiger partial charge in [-0.05, 0) is 41.7 Å². The van der Waals surface area contributed by atoms with Gasteiger partial charge in [-0.2, -0.15) is 4.31 Å². The van der Waals surface area contributed by atoms with Crippen LogP contribution in [0.5, 0.6) is 0 Å². The Morgan fingerprint density at radius 3 is 2.50 bits per heavy atom. The highest BCUT2D eigenvalue weighted by molar-refractivity contribution is 7.89. The van der Waals surface area contributed by atoms with Gasteiger partial charge in [-0.1, -0.05) is 44.2 Å². The van der Waals surface area contributed by atoms with Crippen LogP contribution in [0.15, 0.2) is 59.8 Å². The summed E-state index contributed by atoms with van der Waals surface area (Å²) in [6.07, 6.45) is 5.65. The fourth-order valence-corrected chi connectivity index (χ4v) is 5.57. The Labute approximate surface area is 167 Å². The monoisotopic (exact) mass is 397 g/mol. The number of aromatic nitrogens is 2. The maximum absolute atomic E-state index is 13.1. The highest BCUT2D eigenvalue weighted by atomic mass is 32.2. The lowest BCUT2D eigenvalue weighted by Gasteiger charge is -2.31. The maximum atomic E-state index is 13.1. The Bertz CT molecular complexity index is 1060. The summed E-state index contributed by atoms with van der Waals surface area (Å²) in [5.74, 6) is 1.98. The molecule has 0 unspecified atom stereocenters. The van der Waals surface area contributed by atoms with E-state index in [1.807, 2.05) is 42.7 Å². The Morgan fingerprint density at radius 1 is 1.07 bits per heavy atom. The lowest BCUT2D eigenvalue weighted by atomic mass is 9.98. The summed E-state index contributed by atoms with van der Waals surface area (Å²) >= 11 is 0. The van der Waals surface area contributed by atoms with Crippen LogP contribution in [0.25, 0.3) is 10.8 Å². The molecule has 2 heterocycles. The average Bonchev–Trinajstić information content (AvgIpc) is 3.16. The largest absolute Gasteiger partial charge is 0.334 e. The van der Waals surface area contributed by atoms with Crippen LogP contribution in [-0.2, 0) is 16.6 Å². The second-order valence-electron chi connectivity index (χ2n) is 7.95.